The molecule has 0 radical (unpaired) electrons. The minimum absolute atomic E-state index is 0.161. The molecule has 1 aliphatic carbocycles. The molecule has 1 saturated carbocycles. The number of tetrazole rings is 1. The zero-order chi connectivity index (χ0) is 9.31. The summed E-state index contributed by atoms with van der Waals surface area (Å²) >= 11 is 0. The van der Waals surface area contributed by atoms with Crippen LogP contribution in [-0.4, -0.2) is 26.8 Å². The van der Waals surface area contributed by atoms with E-state index in [0.29, 0.717) is 12.5 Å². The van der Waals surface area contributed by atoms with Crippen molar-refractivity contribution in [3.05, 3.63) is 0 Å². The number of aryl methyl sites for hydroxylation is 1. The van der Waals surface area contributed by atoms with Crippen molar-refractivity contribution in [1.82, 2.24) is 20.2 Å². The van der Waals surface area contributed by atoms with Crippen LogP contribution < -0.4 is 5.32 Å². The summed E-state index contributed by atoms with van der Waals surface area (Å²) in [6.07, 6.45) is 1.95. The van der Waals surface area contributed by atoms with Gasteiger partial charge in [0.25, 0.3) is 0 Å². The maximum atomic E-state index is 8.81. The van der Waals surface area contributed by atoms with Crippen molar-refractivity contribution in [2.45, 2.75) is 12.8 Å². The van der Waals surface area contributed by atoms with Gasteiger partial charge in [-0.2, -0.15) is 5.26 Å². The lowest BCUT2D eigenvalue weighted by atomic mass is 10.1. The molecule has 1 N–H and O–H groups in total. The molecule has 0 saturated heterocycles. The van der Waals surface area contributed by atoms with Gasteiger partial charge in [-0.15, -0.1) is 0 Å². The fourth-order valence-electron chi connectivity index (χ4n) is 1.11. The lowest BCUT2D eigenvalue weighted by molar-refractivity contribution is 0.683. The molecule has 0 aromatic carbocycles. The number of hydrogen-bond acceptors (Lipinski definition) is 5. The lowest BCUT2D eigenvalue weighted by Gasteiger charge is -2.06. The Bertz CT molecular complexity index is 344. The van der Waals surface area contributed by atoms with E-state index in [1.807, 2.05) is 0 Å². The number of rotatable bonds is 3. The minimum Gasteiger partial charge on any atom is -0.351 e. The topological polar surface area (TPSA) is 79.4 Å². The van der Waals surface area contributed by atoms with Gasteiger partial charge in [0, 0.05) is 13.6 Å². The summed E-state index contributed by atoms with van der Waals surface area (Å²) in [4.78, 5) is 0. The van der Waals surface area contributed by atoms with Gasteiger partial charge < -0.3 is 5.32 Å². The van der Waals surface area contributed by atoms with Crippen LogP contribution in [0.4, 0.5) is 5.95 Å². The third-order valence-corrected chi connectivity index (χ3v) is 2.30. The highest BCUT2D eigenvalue weighted by molar-refractivity contribution is 5.25. The van der Waals surface area contributed by atoms with E-state index in [4.69, 9.17) is 5.26 Å². The Morgan fingerprint density at radius 3 is 2.92 bits per heavy atom. The second kappa shape index (κ2) is 2.69. The predicted octanol–water partition coefficient (Wildman–Crippen LogP) is -0.0742. The van der Waals surface area contributed by atoms with E-state index in [0.717, 1.165) is 12.8 Å². The van der Waals surface area contributed by atoms with Crippen molar-refractivity contribution in [3.63, 3.8) is 0 Å². The van der Waals surface area contributed by atoms with Crippen molar-refractivity contribution in [1.29, 1.82) is 5.26 Å². The first-order chi connectivity index (χ1) is 6.26. The molecule has 0 spiro atoms. The van der Waals surface area contributed by atoms with Crippen molar-refractivity contribution < 1.29 is 0 Å². The molecule has 6 nitrogen and oxygen atoms in total. The Hall–Kier alpha value is -1.64. The monoisotopic (exact) mass is 178 g/mol. The molecule has 13 heavy (non-hydrogen) atoms. The highest BCUT2D eigenvalue weighted by Gasteiger charge is 2.43. The summed E-state index contributed by atoms with van der Waals surface area (Å²) in [5.41, 5.74) is -0.161. The Morgan fingerprint density at radius 1 is 1.69 bits per heavy atom. The maximum Gasteiger partial charge on any atom is 0.242 e. The van der Waals surface area contributed by atoms with E-state index < -0.39 is 0 Å². The summed E-state index contributed by atoms with van der Waals surface area (Å²) in [5, 5.41) is 22.8. The zero-order valence-corrected chi connectivity index (χ0v) is 7.36. The molecule has 1 heterocycles. The summed E-state index contributed by atoms with van der Waals surface area (Å²) in [7, 11) is 1.76. The second-order valence-electron chi connectivity index (χ2n) is 3.37. The van der Waals surface area contributed by atoms with E-state index in [9.17, 15) is 0 Å². The smallest absolute Gasteiger partial charge is 0.242 e. The largest absolute Gasteiger partial charge is 0.351 e. The molecule has 0 atom stereocenters. The van der Waals surface area contributed by atoms with Gasteiger partial charge in [-0.1, -0.05) is 5.10 Å². The maximum absolute atomic E-state index is 8.81. The van der Waals surface area contributed by atoms with E-state index in [2.05, 4.69) is 26.9 Å². The van der Waals surface area contributed by atoms with Gasteiger partial charge in [-0.25, -0.2) is 4.68 Å². The molecule has 6 heteroatoms. The third kappa shape index (κ3) is 1.45. The van der Waals surface area contributed by atoms with Gasteiger partial charge in [0.2, 0.25) is 5.95 Å². The van der Waals surface area contributed by atoms with Crippen LogP contribution in [0.5, 0.6) is 0 Å². The molecular weight excluding hydrogens is 168 g/mol. The van der Waals surface area contributed by atoms with Crippen LogP contribution in [0.25, 0.3) is 0 Å². The average Bonchev–Trinajstić information content (AvgIpc) is 2.82. The Kier molecular flexibility index (Phi) is 1.65. The van der Waals surface area contributed by atoms with Crippen LogP contribution in [0.3, 0.4) is 0 Å². The molecule has 1 aliphatic rings. The van der Waals surface area contributed by atoms with Gasteiger partial charge in [-0.05, 0) is 23.3 Å². The lowest BCUT2D eigenvalue weighted by Crippen LogP contribution is -2.16. The molecule has 0 bridgehead atoms. The minimum atomic E-state index is -0.161. The number of nitrogens with zero attached hydrogens (tertiary/aromatic N) is 5. The zero-order valence-electron chi connectivity index (χ0n) is 7.36. The quantitative estimate of drug-likeness (QED) is 0.700. The normalized spacial score (nSPS) is 17.8. The predicted molar refractivity (Wildman–Crippen MR) is 44.6 cm³/mol. The molecule has 1 aromatic rings. The van der Waals surface area contributed by atoms with Gasteiger partial charge in [-0.3, -0.25) is 0 Å². The first-order valence-electron chi connectivity index (χ1n) is 4.13. The number of hydrogen-bond donors (Lipinski definition) is 1. The van der Waals surface area contributed by atoms with Crippen LogP contribution in [0, 0.1) is 16.7 Å². The fourth-order valence-corrected chi connectivity index (χ4v) is 1.11. The highest BCUT2D eigenvalue weighted by atomic mass is 15.6. The van der Waals surface area contributed by atoms with Crippen LogP contribution in [0.15, 0.2) is 0 Å². The fraction of sp³-hybridized carbons (Fsp3) is 0.714. The van der Waals surface area contributed by atoms with Crippen LogP contribution in [-0.2, 0) is 7.05 Å². The molecule has 0 unspecified atom stereocenters. The van der Waals surface area contributed by atoms with Crippen molar-refractivity contribution in [2.24, 2.45) is 12.5 Å². The number of anilines is 1. The number of aromatic nitrogens is 4. The Balaban J connectivity index is 1.94. The molecule has 1 aromatic heterocycles. The highest BCUT2D eigenvalue weighted by Crippen LogP contribution is 2.44. The number of nitriles is 1. The third-order valence-electron chi connectivity index (χ3n) is 2.30. The Morgan fingerprint density at radius 2 is 2.46 bits per heavy atom. The molecule has 0 aliphatic heterocycles. The number of nitrogens with one attached hydrogen (secondary N) is 1. The second-order valence-corrected chi connectivity index (χ2v) is 3.37. The van der Waals surface area contributed by atoms with E-state index in [1.165, 1.54) is 0 Å². The van der Waals surface area contributed by atoms with Crippen molar-refractivity contribution in [2.75, 3.05) is 11.9 Å². The summed E-state index contributed by atoms with van der Waals surface area (Å²) in [6.45, 7) is 0.637. The SMILES string of the molecule is Cn1nnnc1NCC1(C#N)CC1. The molecular formula is C7H10N6. The van der Waals surface area contributed by atoms with E-state index >= 15 is 0 Å². The van der Waals surface area contributed by atoms with Crippen molar-refractivity contribution in [3.8, 4) is 6.07 Å². The van der Waals surface area contributed by atoms with Gasteiger partial charge >= 0.3 is 0 Å². The van der Waals surface area contributed by atoms with Crippen LogP contribution in [0.1, 0.15) is 12.8 Å². The molecule has 0 amide bonds. The van der Waals surface area contributed by atoms with Gasteiger partial charge in [0.15, 0.2) is 0 Å². The Labute approximate surface area is 75.5 Å². The van der Waals surface area contributed by atoms with Gasteiger partial charge in [0.1, 0.15) is 0 Å². The molecule has 68 valence electrons. The standard InChI is InChI=1S/C7H10N6/c1-13-6(10-11-12-13)9-5-7(4-8)2-3-7/h2-3,5H2,1H3,(H,9,10,12). The summed E-state index contributed by atoms with van der Waals surface area (Å²) in [5.74, 6) is 0.613. The average molecular weight is 178 g/mol. The van der Waals surface area contributed by atoms with E-state index in [1.54, 1.807) is 11.7 Å². The molecule has 2 rings (SSSR count). The van der Waals surface area contributed by atoms with E-state index in [-0.39, 0.29) is 5.41 Å². The first kappa shape index (κ1) is 7.98. The van der Waals surface area contributed by atoms with Crippen LogP contribution >= 0.6 is 0 Å². The summed E-state index contributed by atoms with van der Waals surface area (Å²) < 4.78 is 1.55. The first-order valence-corrected chi connectivity index (χ1v) is 4.13. The molecule has 1 fully saturated rings. The van der Waals surface area contributed by atoms with Crippen LogP contribution in [0.2, 0.25) is 0 Å². The van der Waals surface area contributed by atoms with Gasteiger partial charge in [0.05, 0.1) is 11.5 Å². The van der Waals surface area contributed by atoms with Crippen molar-refractivity contribution >= 4 is 5.95 Å². The summed E-state index contributed by atoms with van der Waals surface area (Å²) in [6, 6.07) is 2.29.